The van der Waals surface area contributed by atoms with Gasteiger partial charge in [-0.05, 0) is 18.7 Å². The molecular formula is C12H15FN2O2. The summed E-state index contributed by atoms with van der Waals surface area (Å²) in [7, 11) is 1.46. The summed E-state index contributed by atoms with van der Waals surface area (Å²) >= 11 is 0. The second-order valence-corrected chi connectivity index (χ2v) is 4.16. The molecule has 4 nitrogen and oxygen atoms in total. The van der Waals surface area contributed by atoms with E-state index in [0.717, 1.165) is 0 Å². The predicted molar refractivity (Wildman–Crippen MR) is 61.4 cm³/mol. The molecule has 0 spiro atoms. The zero-order valence-electron chi connectivity index (χ0n) is 9.65. The third kappa shape index (κ3) is 2.24. The molecule has 1 amide bonds. The SMILES string of the molecule is COc1ccc(C(=O)N2CC(CN)C2)c(F)c1. The van der Waals surface area contributed by atoms with Crippen molar-refractivity contribution in [1.29, 1.82) is 0 Å². The zero-order valence-corrected chi connectivity index (χ0v) is 9.65. The van der Waals surface area contributed by atoms with Crippen molar-refractivity contribution in [3.63, 3.8) is 0 Å². The minimum atomic E-state index is -0.550. The van der Waals surface area contributed by atoms with Crippen LogP contribution in [0.5, 0.6) is 5.75 Å². The van der Waals surface area contributed by atoms with Crippen molar-refractivity contribution in [2.75, 3.05) is 26.7 Å². The van der Waals surface area contributed by atoms with Gasteiger partial charge in [0.05, 0.1) is 12.7 Å². The molecule has 0 aromatic heterocycles. The predicted octanol–water partition coefficient (Wildman–Crippen LogP) is 0.865. The number of nitrogens with two attached hydrogens (primary N) is 1. The molecule has 0 unspecified atom stereocenters. The first-order valence-electron chi connectivity index (χ1n) is 5.48. The first kappa shape index (κ1) is 11.9. The van der Waals surface area contributed by atoms with Crippen molar-refractivity contribution in [1.82, 2.24) is 4.90 Å². The normalized spacial score (nSPS) is 15.6. The van der Waals surface area contributed by atoms with Crippen molar-refractivity contribution in [2.45, 2.75) is 0 Å². The van der Waals surface area contributed by atoms with Gasteiger partial charge in [0.1, 0.15) is 11.6 Å². The van der Waals surface area contributed by atoms with E-state index in [4.69, 9.17) is 10.5 Å². The second-order valence-electron chi connectivity index (χ2n) is 4.16. The Morgan fingerprint density at radius 1 is 1.59 bits per heavy atom. The van der Waals surface area contributed by atoms with Crippen LogP contribution < -0.4 is 10.5 Å². The Balaban J connectivity index is 2.10. The zero-order chi connectivity index (χ0) is 12.4. The van der Waals surface area contributed by atoms with Gasteiger partial charge in [0.2, 0.25) is 0 Å². The van der Waals surface area contributed by atoms with Gasteiger partial charge in [-0.1, -0.05) is 0 Å². The van der Waals surface area contributed by atoms with Gasteiger partial charge in [0, 0.05) is 25.1 Å². The Morgan fingerprint density at radius 3 is 2.82 bits per heavy atom. The van der Waals surface area contributed by atoms with Crippen molar-refractivity contribution in [3.05, 3.63) is 29.6 Å². The van der Waals surface area contributed by atoms with E-state index in [9.17, 15) is 9.18 Å². The van der Waals surface area contributed by atoms with Gasteiger partial charge in [-0.3, -0.25) is 4.79 Å². The molecule has 2 rings (SSSR count). The summed E-state index contributed by atoms with van der Waals surface area (Å²) in [6.45, 7) is 1.79. The Morgan fingerprint density at radius 2 is 2.29 bits per heavy atom. The summed E-state index contributed by atoms with van der Waals surface area (Å²) in [5, 5.41) is 0. The van der Waals surface area contributed by atoms with Gasteiger partial charge in [-0.2, -0.15) is 0 Å². The van der Waals surface area contributed by atoms with Crippen LogP contribution in [0.25, 0.3) is 0 Å². The number of carbonyl (C=O) groups is 1. The van der Waals surface area contributed by atoms with Crippen LogP contribution in [0, 0.1) is 11.7 Å². The molecule has 0 bridgehead atoms. The molecule has 0 aliphatic carbocycles. The van der Waals surface area contributed by atoms with Crippen LogP contribution in [0.15, 0.2) is 18.2 Å². The third-order valence-corrected chi connectivity index (χ3v) is 2.98. The molecular weight excluding hydrogens is 223 g/mol. The van der Waals surface area contributed by atoms with E-state index in [1.54, 1.807) is 11.0 Å². The molecule has 0 radical (unpaired) electrons. The number of hydrogen-bond donors (Lipinski definition) is 1. The standard InChI is InChI=1S/C12H15FN2O2/c1-17-9-2-3-10(11(13)4-9)12(16)15-6-8(5-14)7-15/h2-4,8H,5-7,14H2,1H3. The summed E-state index contributed by atoms with van der Waals surface area (Å²) in [4.78, 5) is 13.5. The van der Waals surface area contributed by atoms with Crippen LogP contribution in [-0.2, 0) is 0 Å². The lowest BCUT2D eigenvalue weighted by atomic mass is 9.99. The number of carbonyl (C=O) groups excluding carboxylic acids is 1. The lowest BCUT2D eigenvalue weighted by molar-refractivity contribution is 0.0510. The summed E-state index contributed by atoms with van der Waals surface area (Å²) in [5.41, 5.74) is 5.56. The highest BCUT2D eigenvalue weighted by Gasteiger charge is 2.31. The summed E-state index contributed by atoms with van der Waals surface area (Å²) in [5.74, 6) is -0.0804. The maximum atomic E-state index is 13.6. The van der Waals surface area contributed by atoms with Gasteiger partial charge in [-0.15, -0.1) is 0 Å². The van der Waals surface area contributed by atoms with E-state index in [-0.39, 0.29) is 11.5 Å². The summed E-state index contributed by atoms with van der Waals surface area (Å²) in [6.07, 6.45) is 0. The number of methoxy groups -OCH3 is 1. The van der Waals surface area contributed by atoms with E-state index >= 15 is 0 Å². The van der Waals surface area contributed by atoms with E-state index < -0.39 is 5.82 Å². The van der Waals surface area contributed by atoms with Gasteiger partial charge in [0.15, 0.2) is 0 Å². The van der Waals surface area contributed by atoms with E-state index in [1.807, 2.05) is 0 Å². The maximum Gasteiger partial charge on any atom is 0.256 e. The molecule has 5 heteroatoms. The van der Waals surface area contributed by atoms with Crippen molar-refractivity contribution in [3.8, 4) is 5.75 Å². The first-order chi connectivity index (χ1) is 8.15. The molecule has 1 aliphatic heterocycles. The highest BCUT2D eigenvalue weighted by atomic mass is 19.1. The van der Waals surface area contributed by atoms with E-state index in [1.165, 1.54) is 19.2 Å². The molecule has 0 saturated carbocycles. The average Bonchev–Trinajstić information content (AvgIpc) is 2.27. The van der Waals surface area contributed by atoms with E-state index in [2.05, 4.69) is 0 Å². The van der Waals surface area contributed by atoms with Crippen LogP contribution >= 0.6 is 0 Å². The Labute approximate surface area is 99.2 Å². The van der Waals surface area contributed by atoms with Gasteiger partial charge in [0.25, 0.3) is 5.91 Å². The Bertz CT molecular complexity index is 431. The summed E-state index contributed by atoms with van der Waals surface area (Å²) < 4.78 is 18.5. The maximum absolute atomic E-state index is 13.6. The van der Waals surface area contributed by atoms with E-state index in [0.29, 0.717) is 31.3 Å². The van der Waals surface area contributed by atoms with Gasteiger partial charge >= 0.3 is 0 Å². The quantitative estimate of drug-likeness (QED) is 0.850. The van der Waals surface area contributed by atoms with Crippen LogP contribution in [0.2, 0.25) is 0 Å². The molecule has 1 heterocycles. The van der Waals surface area contributed by atoms with Crippen LogP contribution in [-0.4, -0.2) is 37.6 Å². The number of rotatable bonds is 3. The van der Waals surface area contributed by atoms with Gasteiger partial charge in [-0.25, -0.2) is 4.39 Å². The fraction of sp³-hybridized carbons (Fsp3) is 0.417. The molecule has 1 saturated heterocycles. The Kier molecular flexibility index (Phi) is 3.28. The second kappa shape index (κ2) is 4.71. The number of hydrogen-bond acceptors (Lipinski definition) is 3. The largest absolute Gasteiger partial charge is 0.497 e. The minimum Gasteiger partial charge on any atom is -0.497 e. The van der Waals surface area contributed by atoms with Crippen LogP contribution in [0.3, 0.4) is 0 Å². The minimum absolute atomic E-state index is 0.0845. The van der Waals surface area contributed by atoms with Crippen molar-refractivity contribution < 1.29 is 13.9 Å². The number of nitrogens with zero attached hydrogens (tertiary/aromatic N) is 1. The fourth-order valence-corrected chi connectivity index (χ4v) is 1.85. The number of ether oxygens (including phenoxy) is 1. The molecule has 1 aromatic carbocycles. The number of benzene rings is 1. The molecule has 1 fully saturated rings. The molecule has 17 heavy (non-hydrogen) atoms. The van der Waals surface area contributed by atoms with Gasteiger partial charge < -0.3 is 15.4 Å². The van der Waals surface area contributed by atoms with Crippen molar-refractivity contribution in [2.24, 2.45) is 11.7 Å². The van der Waals surface area contributed by atoms with Crippen LogP contribution in [0.1, 0.15) is 10.4 Å². The molecule has 0 atom stereocenters. The molecule has 1 aliphatic rings. The van der Waals surface area contributed by atoms with Crippen molar-refractivity contribution >= 4 is 5.91 Å². The smallest absolute Gasteiger partial charge is 0.256 e. The molecule has 92 valence electrons. The topological polar surface area (TPSA) is 55.6 Å². The third-order valence-electron chi connectivity index (χ3n) is 2.98. The molecule has 1 aromatic rings. The summed E-state index contributed by atoms with van der Waals surface area (Å²) in [6, 6.07) is 4.25. The fourth-order valence-electron chi connectivity index (χ4n) is 1.85. The number of likely N-dealkylation sites (tertiary alicyclic amines) is 1. The lowest BCUT2D eigenvalue weighted by Crippen LogP contribution is -2.52. The average molecular weight is 238 g/mol. The number of amides is 1. The van der Waals surface area contributed by atoms with Crippen LogP contribution in [0.4, 0.5) is 4.39 Å². The highest BCUT2D eigenvalue weighted by Crippen LogP contribution is 2.21. The Hall–Kier alpha value is -1.62. The first-order valence-corrected chi connectivity index (χ1v) is 5.48. The highest BCUT2D eigenvalue weighted by molar-refractivity contribution is 5.95. The molecule has 2 N–H and O–H groups in total. The lowest BCUT2D eigenvalue weighted by Gasteiger charge is -2.38. The monoisotopic (exact) mass is 238 g/mol. The number of halogens is 1.